The summed E-state index contributed by atoms with van der Waals surface area (Å²) in [5.41, 5.74) is 0. The fraction of sp³-hybridized carbons (Fsp3) is 0.619. The van der Waals surface area contributed by atoms with Crippen molar-refractivity contribution < 1.29 is 18.3 Å². The molecule has 1 aromatic rings. The number of rotatable bonds is 9. The van der Waals surface area contributed by atoms with Gasteiger partial charge in [-0.25, -0.2) is 0 Å². The van der Waals surface area contributed by atoms with Gasteiger partial charge in [-0.3, -0.25) is 0 Å². The number of hydrogen-bond acceptors (Lipinski definition) is 2. The van der Waals surface area contributed by atoms with Crippen LogP contribution in [0, 0.1) is 23.5 Å². The number of halogens is 2. The van der Waals surface area contributed by atoms with Gasteiger partial charge in [-0.15, -0.1) is 0 Å². The second-order valence-electron chi connectivity index (χ2n) is 6.91. The van der Waals surface area contributed by atoms with E-state index in [1.807, 2.05) is 6.08 Å². The molecule has 0 N–H and O–H groups in total. The number of ether oxygens (including phenoxy) is 2. The lowest BCUT2D eigenvalue weighted by Crippen LogP contribution is -2.13. The molecule has 1 saturated carbocycles. The SMILES string of the molecule is CCCCCC1CCC(C=CCOc2ccc(OC)c(F)c2F)CC1. The summed E-state index contributed by atoms with van der Waals surface area (Å²) in [6.45, 7) is 2.50. The molecular weight excluding hydrogens is 322 g/mol. The molecule has 0 radical (unpaired) electrons. The van der Waals surface area contributed by atoms with E-state index in [0.717, 1.165) is 5.92 Å². The number of methoxy groups -OCH3 is 1. The first kappa shape index (κ1) is 19.7. The van der Waals surface area contributed by atoms with E-state index < -0.39 is 11.6 Å². The summed E-state index contributed by atoms with van der Waals surface area (Å²) in [5, 5.41) is 0. The third-order valence-corrected chi connectivity index (χ3v) is 5.08. The molecule has 0 unspecified atom stereocenters. The first-order valence-corrected chi connectivity index (χ1v) is 9.47. The van der Waals surface area contributed by atoms with Crippen molar-refractivity contribution in [1.29, 1.82) is 0 Å². The van der Waals surface area contributed by atoms with Crippen molar-refractivity contribution in [3.63, 3.8) is 0 Å². The van der Waals surface area contributed by atoms with Gasteiger partial charge in [-0.05, 0) is 49.7 Å². The summed E-state index contributed by atoms with van der Waals surface area (Å²) in [6, 6.07) is 2.77. The molecule has 0 aromatic heterocycles. The maximum absolute atomic E-state index is 13.8. The van der Waals surface area contributed by atoms with Crippen LogP contribution in [0.25, 0.3) is 0 Å². The van der Waals surface area contributed by atoms with Crippen LogP contribution in [0.2, 0.25) is 0 Å². The van der Waals surface area contributed by atoms with Gasteiger partial charge in [0.25, 0.3) is 0 Å². The highest BCUT2D eigenvalue weighted by Gasteiger charge is 2.19. The van der Waals surface area contributed by atoms with Crippen molar-refractivity contribution in [1.82, 2.24) is 0 Å². The second kappa shape index (κ2) is 10.4. The molecule has 1 aliphatic carbocycles. The van der Waals surface area contributed by atoms with Gasteiger partial charge < -0.3 is 9.47 Å². The minimum absolute atomic E-state index is 0.0809. The van der Waals surface area contributed by atoms with E-state index in [1.165, 1.54) is 70.6 Å². The first-order chi connectivity index (χ1) is 12.2. The minimum atomic E-state index is -1.01. The average Bonchev–Trinajstić information content (AvgIpc) is 2.63. The van der Waals surface area contributed by atoms with Crippen molar-refractivity contribution in [3.05, 3.63) is 35.9 Å². The summed E-state index contributed by atoms with van der Waals surface area (Å²) in [4.78, 5) is 0. The third-order valence-electron chi connectivity index (χ3n) is 5.08. The van der Waals surface area contributed by atoms with E-state index in [4.69, 9.17) is 9.47 Å². The van der Waals surface area contributed by atoms with Crippen molar-refractivity contribution in [2.45, 2.75) is 58.3 Å². The van der Waals surface area contributed by atoms with Crippen LogP contribution in [0.3, 0.4) is 0 Å². The van der Waals surface area contributed by atoms with Gasteiger partial charge >= 0.3 is 0 Å². The number of allylic oxidation sites excluding steroid dienone is 1. The van der Waals surface area contributed by atoms with Crippen LogP contribution >= 0.6 is 0 Å². The maximum atomic E-state index is 13.8. The van der Waals surface area contributed by atoms with Gasteiger partial charge in [0.15, 0.2) is 11.5 Å². The molecule has 0 bridgehead atoms. The Morgan fingerprint density at radius 3 is 2.40 bits per heavy atom. The Morgan fingerprint density at radius 1 is 1.04 bits per heavy atom. The lowest BCUT2D eigenvalue weighted by atomic mass is 9.79. The van der Waals surface area contributed by atoms with Gasteiger partial charge in [-0.1, -0.05) is 44.8 Å². The maximum Gasteiger partial charge on any atom is 0.204 e. The summed E-state index contributed by atoms with van der Waals surface area (Å²) in [6.07, 6.45) is 14.5. The number of hydrogen-bond donors (Lipinski definition) is 0. The molecule has 4 heteroatoms. The molecule has 1 aliphatic rings. The van der Waals surface area contributed by atoms with Gasteiger partial charge in [0, 0.05) is 0 Å². The highest BCUT2D eigenvalue weighted by atomic mass is 19.2. The van der Waals surface area contributed by atoms with Crippen LogP contribution in [0.1, 0.15) is 58.3 Å². The molecule has 0 aliphatic heterocycles. The van der Waals surface area contributed by atoms with Crippen molar-refractivity contribution >= 4 is 0 Å². The van der Waals surface area contributed by atoms with Gasteiger partial charge in [0.1, 0.15) is 6.61 Å². The van der Waals surface area contributed by atoms with Crippen LogP contribution < -0.4 is 9.47 Å². The molecule has 0 saturated heterocycles. The van der Waals surface area contributed by atoms with E-state index in [-0.39, 0.29) is 18.1 Å². The average molecular weight is 352 g/mol. The van der Waals surface area contributed by atoms with Gasteiger partial charge in [-0.2, -0.15) is 8.78 Å². The second-order valence-corrected chi connectivity index (χ2v) is 6.91. The Bertz CT molecular complexity index is 549. The van der Waals surface area contributed by atoms with Crippen LogP contribution in [-0.2, 0) is 0 Å². The van der Waals surface area contributed by atoms with E-state index in [0.29, 0.717) is 5.92 Å². The van der Waals surface area contributed by atoms with Crippen LogP contribution in [0.5, 0.6) is 11.5 Å². The van der Waals surface area contributed by atoms with Crippen molar-refractivity contribution in [2.75, 3.05) is 13.7 Å². The van der Waals surface area contributed by atoms with Crippen molar-refractivity contribution in [2.24, 2.45) is 11.8 Å². The fourth-order valence-electron chi connectivity index (χ4n) is 3.52. The van der Waals surface area contributed by atoms with Gasteiger partial charge in [0.2, 0.25) is 11.6 Å². The van der Waals surface area contributed by atoms with Crippen molar-refractivity contribution in [3.8, 4) is 11.5 Å². The largest absolute Gasteiger partial charge is 0.494 e. The molecule has 0 heterocycles. The zero-order valence-corrected chi connectivity index (χ0v) is 15.4. The Hall–Kier alpha value is -1.58. The highest BCUT2D eigenvalue weighted by Crippen LogP contribution is 2.32. The number of unbranched alkanes of at least 4 members (excludes halogenated alkanes) is 2. The molecular formula is C21H30F2O2. The zero-order valence-electron chi connectivity index (χ0n) is 15.4. The Kier molecular flexibility index (Phi) is 8.23. The molecule has 1 aromatic carbocycles. The van der Waals surface area contributed by atoms with Crippen LogP contribution in [-0.4, -0.2) is 13.7 Å². The molecule has 1 fully saturated rings. The fourth-order valence-corrected chi connectivity index (χ4v) is 3.52. The Morgan fingerprint density at radius 2 is 1.72 bits per heavy atom. The summed E-state index contributed by atoms with van der Waals surface area (Å²) in [5.74, 6) is -0.725. The molecule has 25 heavy (non-hydrogen) atoms. The Labute approximate surface area is 150 Å². The molecule has 0 atom stereocenters. The predicted octanol–water partition coefficient (Wildman–Crippen LogP) is 6.30. The van der Waals surface area contributed by atoms with Crippen LogP contribution in [0.4, 0.5) is 8.78 Å². The smallest absolute Gasteiger partial charge is 0.204 e. The lowest BCUT2D eigenvalue weighted by Gasteiger charge is -2.26. The number of benzene rings is 1. The van der Waals surface area contributed by atoms with Gasteiger partial charge in [0.05, 0.1) is 7.11 Å². The minimum Gasteiger partial charge on any atom is -0.494 e. The highest BCUT2D eigenvalue weighted by molar-refractivity contribution is 5.35. The monoisotopic (exact) mass is 352 g/mol. The Balaban J connectivity index is 1.71. The van der Waals surface area contributed by atoms with Crippen LogP contribution in [0.15, 0.2) is 24.3 Å². The van der Waals surface area contributed by atoms with E-state index >= 15 is 0 Å². The molecule has 2 nitrogen and oxygen atoms in total. The van der Waals surface area contributed by atoms with E-state index in [1.54, 1.807) is 0 Å². The predicted molar refractivity (Wildman–Crippen MR) is 97.1 cm³/mol. The molecule has 140 valence electrons. The van der Waals surface area contributed by atoms with E-state index in [9.17, 15) is 8.78 Å². The summed E-state index contributed by atoms with van der Waals surface area (Å²) >= 11 is 0. The molecule has 0 spiro atoms. The summed E-state index contributed by atoms with van der Waals surface area (Å²) < 4.78 is 37.5. The standard InChI is InChI=1S/C21H30F2O2/c1-3-4-5-7-16-9-11-17(12-10-16)8-6-15-25-19-14-13-18(24-2)20(22)21(19)23/h6,8,13-14,16-17H,3-5,7,9-12,15H2,1-2H3. The normalized spacial score (nSPS) is 20.8. The third kappa shape index (κ3) is 6.02. The van der Waals surface area contributed by atoms with E-state index in [2.05, 4.69) is 13.0 Å². The molecule has 2 rings (SSSR count). The summed E-state index contributed by atoms with van der Waals surface area (Å²) in [7, 11) is 1.31. The lowest BCUT2D eigenvalue weighted by molar-refractivity contribution is 0.287. The quantitative estimate of drug-likeness (QED) is 0.384. The first-order valence-electron chi connectivity index (χ1n) is 9.47. The zero-order chi connectivity index (χ0) is 18.1. The topological polar surface area (TPSA) is 18.5 Å². The molecule has 0 amide bonds.